The van der Waals surface area contributed by atoms with Crippen LogP contribution < -0.4 is 0 Å². The van der Waals surface area contributed by atoms with E-state index in [0.29, 0.717) is 13.1 Å². The highest BCUT2D eigenvalue weighted by atomic mass is 32.1. The van der Waals surface area contributed by atoms with Gasteiger partial charge >= 0.3 is 5.97 Å². The Morgan fingerprint density at radius 3 is 3.08 bits per heavy atom. The molecule has 1 aromatic rings. The van der Waals surface area contributed by atoms with E-state index in [9.17, 15) is 4.79 Å². The predicted molar refractivity (Wildman–Crippen MR) is 48.5 cm³/mol. The van der Waals surface area contributed by atoms with Crippen LogP contribution in [-0.2, 0) is 11.3 Å². The molecule has 0 unspecified atom stereocenters. The van der Waals surface area contributed by atoms with Gasteiger partial charge in [0.1, 0.15) is 5.01 Å². The zero-order chi connectivity index (χ0) is 9.26. The van der Waals surface area contributed by atoms with E-state index >= 15 is 0 Å². The van der Waals surface area contributed by atoms with Crippen molar-refractivity contribution in [1.29, 1.82) is 0 Å². The van der Waals surface area contributed by atoms with Crippen molar-refractivity contribution in [2.45, 2.75) is 6.54 Å². The molecule has 0 atom stereocenters. The lowest BCUT2D eigenvalue weighted by atomic mass is 10.0. The lowest BCUT2D eigenvalue weighted by Crippen LogP contribution is -2.49. The lowest BCUT2D eigenvalue weighted by molar-refractivity contribution is -0.147. The van der Waals surface area contributed by atoms with E-state index in [0.717, 1.165) is 11.6 Å². The molecule has 0 aromatic carbocycles. The first-order chi connectivity index (χ1) is 6.25. The van der Waals surface area contributed by atoms with Crippen LogP contribution >= 0.6 is 11.3 Å². The number of aliphatic carboxylic acids is 1. The van der Waals surface area contributed by atoms with Crippen LogP contribution in [0.1, 0.15) is 5.01 Å². The van der Waals surface area contributed by atoms with Crippen LogP contribution in [-0.4, -0.2) is 34.0 Å². The molecule has 1 aromatic heterocycles. The molecule has 2 rings (SSSR count). The number of aromatic nitrogens is 1. The molecular formula is C8H10N2O2S. The summed E-state index contributed by atoms with van der Waals surface area (Å²) in [5.74, 6) is -0.852. The van der Waals surface area contributed by atoms with E-state index in [1.807, 2.05) is 5.38 Å². The Hall–Kier alpha value is -0.940. The number of rotatable bonds is 3. The van der Waals surface area contributed by atoms with Crippen LogP contribution in [0.4, 0.5) is 0 Å². The van der Waals surface area contributed by atoms with Gasteiger partial charge in [-0.25, -0.2) is 4.98 Å². The number of carboxylic acid groups (broad SMARTS) is 1. The van der Waals surface area contributed by atoms with E-state index < -0.39 is 5.97 Å². The number of likely N-dealkylation sites (tertiary alicyclic amines) is 1. The van der Waals surface area contributed by atoms with E-state index in [1.165, 1.54) is 0 Å². The average Bonchev–Trinajstić information content (AvgIpc) is 2.46. The van der Waals surface area contributed by atoms with Crippen molar-refractivity contribution in [1.82, 2.24) is 9.88 Å². The molecule has 70 valence electrons. The van der Waals surface area contributed by atoms with Crippen molar-refractivity contribution in [3.8, 4) is 0 Å². The minimum absolute atomic E-state index is 0.167. The fourth-order valence-corrected chi connectivity index (χ4v) is 2.04. The number of nitrogens with zero attached hydrogens (tertiary/aromatic N) is 2. The van der Waals surface area contributed by atoms with E-state index in [2.05, 4.69) is 9.88 Å². The first-order valence-electron chi connectivity index (χ1n) is 4.09. The van der Waals surface area contributed by atoms with Crippen molar-refractivity contribution in [2.75, 3.05) is 13.1 Å². The Labute approximate surface area is 79.8 Å². The molecule has 0 amide bonds. The minimum atomic E-state index is -0.685. The molecule has 1 fully saturated rings. The summed E-state index contributed by atoms with van der Waals surface area (Å²) in [5.41, 5.74) is 0. The summed E-state index contributed by atoms with van der Waals surface area (Å²) < 4.78 is 0. The molecule has 0 aliphatic carbocycles. The van der Waals surface area contributed by atoms with E-state index in [1.54, 1.807) is 17.5 Å². The van der Waals surface area contributed by atoms with Crippen LogP contribution in [0.3, 0.4) is 0 Å². The quantitative estimate of drug-likeness (QED) is 0.775. The second kappa shape index (κ2) is 3.43. The van der Waals surface area contributed by atoms with Gasteiger partial charge in [-0.1, -0.05) is 0 Å². The van der Waals surface area contributed by atoms with Gasteiger partial charge in [0, 0.05) is 24.7 Å². The van der Waals surface area contributed by atoms with Crippen LogP contribution in [0.2, 0.25) is 0 Å². The van der Waals surface area contributed by atoms with Crippen molar-refractivity contribution in [3.05, 3.63) is 16.6 Å². The Morgan fingerprint density at radius 1 is 1.77 bits per heavy atom. The lowest BCUT2D eigenvalue weighted by Gasteiger charge is -2.35. The summed E-state index contributed by atoms with van der Waals surface area (Å²) in [6.07, 6.45) is 1.77. The second-order valence-corrected chi connectivity index (χ2v) is 4.13. The van der Waals surface area contributed by atoms with Gasteiger partial charge in [0.15, 0.2) is 0 Å². The molecule has 4 nitrogen and oxygen atoms in total. The van der Waals surface area contributed by atoms with Crippen molar-refractivity contribution in [3.63, 3.8) is 0 Å². The van der Waals surface area contributed by atoms with Crippen molar-refractivity contribution >= 4 is 17.3 Å². The Balaban J connectivity index is 1.79. The third-order valence-corrected chi connectivity index (χ3v) is 2.91. The van der Waals surface area contributed by atoms with Gasteiger partial charge in [-0.15, -0.1) is 11.3 Å². The van der Waals surface area contributed by atoms with Crippen LogP contribution in [0.15, 0.2) is 11.6 Å². The summed E-state index contributed by atoms with van der Waals surface area (Å²) >= 11 is 1.61. The topological polar surface area (TPSA) is 53.4 Å². The van der Waals surface area contributed by atoms with Crippen molar-refractivity contribution < 1.29 is 9.90 Å². The number of carboxylic acids is 1. The van der Waals surface area contributed by atoms with Gasteiger partial charge in [-0.2, -0.15) is 0 Å². The molecule has 0 saturated carbocycles. The second-order valence-electron chi connectivity index (χ2n) is 3.16. The molecule has 0 radical (unpaired) electrons. The largest absolute Gasteiger partial charge is 0.481 e. The highest BCUT2D eigenvalue weighted by Crippen LogP contribution is 2.19. The molecule has 2 heterocycles. The minimum Gasteiger partial charge on any atom is -0.481 e. The molecule has 5 heteroatoms. The molecule has 0 bridgehead atoms. The third kappa shape index (κ3) is 1.87. The maximum absolute atomic E-state index is 10.5. The summed E-state index contributed by atoms with van der Waals surface area (Å²) in [6, 6.07) is 0. The molecular weight excluding hydrogens is 188 g/mol. The Kier molecular flexibility index (Phi) is 2.28. The summed E-state index contributed by atoms with van der Waals surface area (Å²) in [5, 5.41) is 11.6. The molecule has 13 heavy (non-hydrogen) atoms. The molecule has 0 spiro atoms. The van der Waals surface area contributed by atoms with Crippen molar-refractivity contribution in [2.24, 2.45) is 5.92 Å². The van der Waals surface area contributed by atoms with Gasteiger partial charge in [0.2, 0.25) is 0 Å². The monoisotopic (exact) mass is 198 g/mol. The van der Waals surface area contributed by atoms with Gasteiger partial charge in [0.25, 0.3) is 0 Å². The first kappa shape index (κ1) is 8.65. The number of hydrogen-bond acceptors (Lipinski definition) is 4. The van der Waals surface area contributed by atoms with Gasteiger partial charge in [-0.3, -0.25) is 9.69 Å². The molecule has 1 aliphatic heterocycles. The fourth-order valence-electron chi connectivity index (χ4n) is 1.38. The Bertz CT molecular complexity index is 293. The normalized spacial score (nSPS) is 18.5. The van der Waals surface area contributed by atoms with Gasteiger partial charge in [0.05, 0.1) is 12.5 Å². The maximum Gasteiger partial charge on any atom is 0.309 e. The fraction of sp³-hybridized carbons (Fsp3) is 0.500. The van der Waals surface area contributed by atoms with E-state index in [4.69, 9.17) is 5.11 Å². The molecule has 1 aliphatic rings. The SMILES string of the molecule is O=C(O)C1CN(Cc2nccs2)C1. The average molecular weight is 198 g/mol. The summed E-state index contributed by atoms with van der Waals surface area (Å²) in [4.78, 5) is 16.7. The first-order valence-corrected chi connectivity index (χ1v) is 4.97. The van der Waals surface area contributed by atoms with Crippen LogP contribution in [0.5, 0.6) is 0 Å². The Morgan fingerprint density at radius 2 is 2.54 bits per heavy atom. The van der Waals surface area contributed by atoms with Gasteiger partial charge < -0.3 is 5.11 Å². The zero-order valence-corrected chi connectivity index (χ0v) is 7.83. The smallest absolute Gasteiger partial charge is 0.309 e. The van der Waals surface area contributed by atoms with Crippen LogP contribution in [0, 0.1) is 5.92 Å². The predicted octanol–water partition coefficient (Wildman–Crippen LogP) is 0.659. The summed E-state index contributed by atoms with van der Waals surface area (Å²) in [6.45, 7) is 2.12. The number of thiazole rings is 1. The zero-order valence-electron chi connectivity index (χ0n) is 7.01. The standard InChI is InChI=1S/C8H10N2O2S/c11-8(12)6-3-10(4-6)5-7-9-1-2-13-7/h1-2,6H,3-5H2,(H,11,12). The van der Waals surface area contributed by atoms with Gasteiger partial charge in [-0.05, 0) is 0 Å². The van der Waals surface area contributed by atoms with Crippen LogP contribution in [0.25, 0.3) is 0 Å². The summed E-state index contributed by atoms with van der Waals surface area (Å²) in [7, 11) is 0. The van der Waals surface area contributed by atoms with E-state index in [-0.39, 0.29) is 5.92 Å². The highest BCUT2D eigenvalue weighted by Gasteiger charge is 2.32. The number of carbonyl (C=O) groups is 1. The number of hydrogen-bond donors (Lipinski definition) is 1. The highest BCUT2D eigenvalue weighted by molar-refractivity contribution is 7.09. The molecule has 1 saturated heterocycles. The molecule has 1 N–H and O–H groups in total. The maximum atomic E-state index is 10.5. The third-order valence-electron chi connectivity index (χ3n) is 2.15.